The molecule has 0 N–H and O–H groups in total. The van der Waals surface area contributed by atoms with Gasteiger partial charge in [-0.15, -0.1) is 0 Å². The van der Waals surface area contributed by atoms with Crippen LogP contribution in [0.1, 0.15) is 6.42 Å². The molecule has 0 aliphatic carbocycles. The molecule has 0 aromatic carbocycles. The van der Waals surface area contributed by atoms with Crippen LogP contribution in [0.4, 0.5) is 0 Å². The summed E-state index contributed by atoms with van der Waals surface area (Å²) in [4.78, 5) is 13.4. The van der Waals surface area contributed by atoms with Gasteiger partial charge in [0.2, 0.25) is 5.91 Å². The second kappa shape index (κ2) is 3.44. The third-order valence-corrected chi connectivity index (χ3v) is 3.86. The maximum atomic E-state index is 11.7. The summed E-state index contributed by atoms with van der Waals surface area (Å²) in [6.07, 6.45) is 4.01. The number of hydrogen-bond acceptors (Lipinski definition) is 3. The summed E-state index contributed by atoms with van der Waals surface area (Å²) < 4.78 is 6.12. The van der Waals surface area contributed by atoms with Crippen molar-refractivity contribution in [1.29, 1.82) is 5.26 Å². The van der Waals surface area contributed by atoms with E-state index in [0.29, 0.717) is 13.0 Å². The highest BCUT2D eigenvalue weighted by atomic mass is 28.4. The molecule has 4 nitrogen and oxygen atoms in total. The maximum absolute atomic E-state index is 11.7. The lowest BCUT2D eigenvalue weighted by Crippen LogP contribution is -2.52. The van der Waals surface area contributed by atoms with Gasteiger partial charge in [0, 0.05) is 12.6 Å². The first-order valence-electron chi connectivity index (χ1n) is 5.50. The number of amides is 1. The molecule has 86 valence electrons. The summed E-state index contributed by atoms with van der Waals surface area (Å²) >= 11 is 0. The molecule has 2 atom stereocenters. The van der Waals surface area contributed by atoms with E-state index in [1.807, 2.05) is 0 Å². The number of carbonyl (C=O) groups is 1. The molecule has 2 aliphatic rings. The van der Waals surface area contributed by atoms with Crippen molar-refractivity contribution in [2.45, 2.75) is 31.8 Å². The Hall–Kier alpha value is -1.12. The molecule has 16 heavy (non-hydrogen) atoms. The minimum atomic E-state index is -1.80. The molecule has 0 spiro atoms. The lowest BCUT2D eigenvalue weighted by Gasteiger charge is -2.38. The fourth-order valence-corrected chi connectivity index (χ4v) is 3.71. The predicted octanol–water partition coefficient (Wildman–Crippen LogP) is 1.48. The number of nitriles is 1. The zero-order chi connectivity index (χ0) is 12.0. The number of hydrogen-bond donors (Lipinski definition) is 0. The third kappa shape index (κ3) is 1.58. The number of nitrogens with zero attached hydrogens (tertiary/aromatic N) is 2. The van der Waals surface area contributed by atoms with Crippen molar-refractivity contribution in [3.8, 4) is 6.07 Å². The van der Waals surface area contributed by atoms with Gasteiger partial charge in [-0.1, -0.05) is 0 Å². The standard InChI is InChI=1S/C11H16N2O2Si/c1-16(2,3)15-11-6-4-10(14)13(11)7-5-9(11)8-12/h4,6,9H,5,7H2,1-3H3/t9-,11-/m0/s1. The highest BCUT2D eigenvalue weighted by molar-refractivity contribution is 6.69. The average Bonchev–Trinajstić information content (AvgIpc) is 2.63. The molecule has 0 saturated carbocycles. The van der Waals surface area contributed by atoms with E-state index < -0.39 is 14.0 Å². The van der Waals surface area contributed by atoms with Crippen LogP contribution in [0.3, 0.4) is 0 Å². The Balaban J connectivity index is 2.37. The van der Waals surface area contributed by atoms with E-state index in [1.54, 1.807) is 11.0 Å². The molecule has 5 heteroatoms. The van der Waals surface area contributed by atoms with E-state index in [-0.39, 0.29) is 11.8 Å². The molecule has 2 rings (SSSR count). The largest absolute Gasteiger partial charge is 0.391 e. The number of rotatable bonds is 2. The highest BCUT2D eigenvalue weighted by Crippen LogP contribution is 2.42. The van der Waals surface area contributed by atoms with Crippen LogP contribution in [-0.4, -0.2) is 31.4 Å². The molecule has 2 aliphatic heterocycles. The Morgan fingerprint density at radius 1 is 1.62 bits per heavy atom. The van der Waals surface area contributed by atoms with E-state index in [0.717, 1.165) is 0 Å². The molecular formula is C11H16N2O2Si. The molecule has 0 bridgehead atoms. The summed E-state index contributed by atoms with van der Waals surface area (Å²) in [6, 6.07) is 2.27. The Bertz CT molecular complexity index is 394. The minimum absolute atomic E-state index is 0.0315. The van der Waals surface area contributed by atoms with Gasteiger partial charge in [0.15, 0.2) is 14.0 Å². The minimum Gasteiger partial charge on any atom is -0.391 e. The molecule has 0 aromatic rings. The van der Waals surface area contributed by atoms with Gasteiger partial charge in [-0.3, -0.25) is 4.79 Å². The first-order valence-corrected chi connectivity index (χ1v) is 8.90. The topological polar surface area (TPSA) is 53.3 Å². The van der Waals surface area contributed by atoms with Gasteiger partial charge in [-0.25, -0.2) is 0 Å². The van der Waals surface area contributed by atoms with Crippen molar-refractivity contribution in [3.63, 3.8) is 0 Å². The normalized spacial score (nSPS) is 33.0. The van der Waals surface area contributed by atoms with Gasteiger partial charge in [0.05, 0.1) is 12.0 Å². The maximum Gasteiger partial charge on any atom is 0.248 e. The average molecular weight is 236 g/mol. The van der Waals surface area contributed by atoms with Gasteiger partial charge in [0.25, 0.3) is 0 Å². The number of fused-ring (bicyclic) bond motifs is 1. The van der Waals surface area contributed by atoms with Crippen molar-refractivity contribution in [1.82, 2.24) is 4.90 Å². The lowest BCUT2D eigenvalue weighted by molar-refractivity contribution is -0.135. The van der Waals surface area contributed by atoms with Crippen LogP contribution in [0, 0.1) is 17.2 Å². The van der Waals surface area contributed by atoms with Crippen molar-refractivity contribution in [2.75, 3.05) is 6.54 Å². The Morgan fingerprint density at radius 3 is 2.88 bits per heavy atom. The van der Waals surface area contributed by atoms with E-state index in [2.05, 4.69) is 25.7 Å². The molecule has 0 aromatic heterocycles. The zero-order valence-electron chi connectivity index (χ0n) is 9.86. The van der Waals surface area contributed by atoms with Gasteiger partial charge in [0.1, 0.15) is 0 Å². The molecule has 2 heterocycles. The second-order valence-electron chi connectivity index (χ2n) is 5.26. The Kier molecular flexibility index (Phi) is 2.44. The van der Waals surface area contributed by atoms with Gasteiger partial charge < -0.3 is 9.33 Å². The van der Waals surface area contributed by atoms with Crippen LogP contribution in [0.5, 0.6) is 0 Å². The number of carbonyl (C=O) groups excluding carboxylic acids is 1. The summed E-state index contributed by atoms with van der Waals surface area (Å²) in [7, 11) is -1.80. The Morgan fingerprint density at radius 2 is 2.31 bits per heavy atom. The van der Waals surface area contributed by atoms with Crippen molar-refractivity contribution >= 4 is 14.2 Å². The van der Waals surface area contributed by atoms with Crippen molar-refractivity contribution in [3.05, 3.63) is 12.2 Å². The fourth-order valence-electron chi connectivity index (χ4n) is 2.40. The fraction of sp³-hybridized carbons (Fsp3) is 0.636. The summed E-state index contributed by atoms with van der Waals surface area (Å²) in [5.41, 5.74) is -0.768. The summed E-state index contributed by atoms with van der Waals surface area (Å²) in [6.45, 7) is 6.84. The predicted molar refractivity (Wildman–Crippen MR) is 61.7 cm³/mol. The molecular weight excluding hydrogens is 220 g/mol. The molecule has 0 radical (unpaired) electrons. The van der Waals surface area contributed by atoms with Gasteiger partial charge >= 0.3 is 0 Å². The van der Waals surface area contributed by atoms with E-state index in [4.69, 9.17) is 4.43 Å². The smallest absolute Gasteiger partial charge is 0.248 e. The third-order valence-electron chi connectivity index (χ3n) is 2.92. The van der Waals surface area contributed by atoms with Crippen LogP contribution in [-0.2, 0) is 9.22 Å². The Labute approximate surface area is 96.6 Å². The van der Waals surface area contributed by atoms with Crippen LogP contribution < -0.4 is 0 Å². The SMILES string of the molecule is C[Si](C)(C)O[C@]12C=CC(=O)N1CC[C@H]2C#N. The first-order chi connectivity index (χ1) is 7.39. The van der Waals surface area contributed by atoms with Gasteiger partial charge in [-0.05, 0) is 32.1 Å². The second-order valence-corrected chi connectivity index (χ2v) is 9.69. The summed E-state index contributed by atoms with van der Waals surface area (Å²) in [5, 5.41) is 9.17. The van der Waals surface area contributed by atoms with E-state index in [9.17, 15) is 10.1 Å². The van der Waals surface area contributed by atoms with E-state index in [1.165, 1.54) is 6.08 Å². The lowest BCUT2D eigenvalue weighted by atomic mass is 9.99. The summed E-state index contributed by atoms with van der Waals surface area (Å²) in [5.74, 6) is -0.266. The molecule has 1 amide bonds. The van der Waals surface area contributed by atoms with Crippen molar-refractivity contribution in [2.24, 2.45) is 5.92 Å². The highest BCUT2D eigenvalue weighted by Gasteiger charge is 2.54. The van der Waals surface area contributed by atoms with Crippen LogP contribution in [0.15, 0.2) is 12.2 Å². The van der Waals surface area contributed by atoms with Crippen LogP contribution >= 0.6 is 0 Å². The zero-order valence-corrected chi connectivity index (χ0v) is 10.9. The first kappa shape index (κ1) is 11.4. The van der Waals surface area contributed by atoms with E-state index >= 15 is 0 Å². The monoisotopic (exact) mass is 236 g/mol. The van der Waals surface area contributed by atoms with Crippen molar-refractivity contribution < 1.29 is 9.22 Å². The molecule has 0 unspecified atom stereocenters. The van der Waals surface area contributed by atoms with Crippen LogP contribution in [0.2, 0.25) is 19.6 Å². The van der Waals surface area contributed by atoms with Crippen LogP contribution in [0.25, 0.3) is 0 Å². The molecule has 1 fully saturated rings. The molecule has 1 saturated heterocycles. The quantitative estimate of drug-likeness (QED) is 0.682. The van der Waals surface area contributed by atoms with Gasteiger partial charge in [-0.2, -0.15) is 5.26 Å².